The maximum Gasteiger partial charge on any atom is 0.219 e. The van der Waals surface area contributed by atoms with Crippen LogP contribution in [0.5, 0.6) is 11.5 Å². The number of benzene rings is 1. The van der Waals surface area contributed by atoms with Gasteiger partial charge in [-0.15, -0.1) is 0 Å². The Hall–Kier alpha value is -1.75. The summed E-state index contributed by atoms with van der Waals surface area (Å²) in [6.45, 7) is 4.09. The fourth-order valence-electron chi connectivity index (χ4n) is 2.15. The average Bonchev–Trinajstić information content (AvgIpc) is 2.62. The molecule has 0 aromatic heterocycles. The van der Waals surface area contributed by atoms with E-state index in [2.05, 4.69) is 5.32 Å². The lowest BCUT2D eigenvalue weighted by Crippen LogP contribution is -2.26. The molecule has 5 nitrogen and oxygen atoms in total. The summed E-state index contributed by atoms with van der Waals surface area (Å²) < 4.78 is 11.2. The van der Waals surface area contributed by atoms with E-state index >= 15 is 0 Å². The van der Waals surface area contributed by atoms with E-state index < -0.39 is 0 Å². The van der Waals surface area contributed by atoms with Crippen LogP contribution in [0.15, 0.2) is 18.2 Å². The highest BCUT2D eigenvalue weighted by atomic mass is 16.5. The molecule has 1 amide bonds. The third kappa shape index (κ3) is 3.61. The molecule has 0 fully saturated rings. The molecule has 1 unspecified atom stereocenters. The summed E-state index contributed by atoms with van der Waals surface area (Å²) in [7, 11) is 0. The molecule has 5 heteroatoms. The van der Waals surface area contributed by atoms with Crippen molar-refractivity contribution in [3.63, 3.8) is 0 Å². The SMILES string of the molecule is CCNC(CC(N)=O)c1ccc2c(c1)OCCCO2. The number of fused-ring (bicyclic) bond motifs is 1. The summed E-state index contributed by atoms with van der Waals surface area (Å²) >= 11 is 0. The van der Waals surface area contributed by atoms with Gasteiger partial charge in [0.25, 0.3) is 0 Å². The highest BCUT2D eigenvalue weighted by molar-refractivity contribution is 5.74. The van der Waals surface area contributed by atoms with Crippen molar-refractivity contribution >= 4 is 5.91 Å². The van der Waals surface area contributed by atoms with E-state index in [-0.39, 0.29) is 18.4 Å². The van der Waals surface area contributed by atoms with Crippen LogP contribution in [0.25, 0.3) is 0 Å². The van der Waals surface area contributed by atoms with E-state index in [0.29, 0.717) is 13.2 Å². The third-order valence-corrected chi connectivity index (χ3v) is 3.03. The Morgan fingerprint density at radius 3 is 2.79 bits per heavy atom. The Morgan fingerprint density at radius 1 is 1.37 bits per heavy atom. The van der Waals surface area contributed by atoms with Crippen molar-refractivity contribution in [2.24, 2.45) is 5.73 Å². The number of amides is 1. The first kappa shape index (κ1) is 13.7. The smallest absolute Gasteiger partial charge is 0.219 e. The van der Waals surface area contributed by atoms with Crippen LogP contribution in [0, 0.1) is 0 Å². The minimum atomic E-state index is -0.321. The quantitative estimate of drug-likeness (QED) is 0.842. The first-order chi connectivity index (χ1) is 9.20. The highest BCUT2D eigenvalue weighted by Gasteiger charge is 2.17. The summed E-state index contributed by atoms with van der Waals surface area (Å²) in [6, 6.07) is 5.68. The highest BCUT2D eigenvalue weighted by Crippen LogP contribution is 2.32. The Balaban J connectivity index is 2.22. The maximum absolute atomic E-state index is 11.1. The van der Waals surface area contributed by atoms with Gasteiger partial charge in [0, 0.05) is 18.9 Å². The topological polar surface area (TPSA) is 73.6 Å². The Bertz CT molecular complexity index is 448. The lowest BCUT2D eigenvalue weighted by Gasteiger charge is -2.18. The molecule has 1 atom stereocenters. The summed E-state index contributed by atoms with van der Waals surface area (Å²) in [4.78, 5) is 11.1. The van der Waals surface area contributed by atoms with E-state index in [9.17, 15) is 4.79 Å². The molecule has 19 heavy (non-hydrogen) atoms. The van der Waals surface area contributed by atoms with Crippen molar-refractivity contribution in [1.82, 2.24) is 5.32 Å². The van der Waals surface area contributed by atoms with Gasteiger partial charge in [0.1, 0.15) is 0 Å². The van der Waals surface area contributed by atoms with Crippen LogP contribution in [-0.2, 0) is 4.79 Å². The number of carbonyl (C=O) groups is 1. The molecule has 0 spiro atoms. The van der Waals surface area contributed by atoms with Gasteiger partial charge in [0.15, 0.2) is 11.5 Å². The van der Waals surface area contributed by atoms with Crippen LogP contribution in [0.2, 0.25) is 0 Å². The molecular weight excluding hydrogens is 244 g/mol. The van der Waals surface area contributed by atoms with Crippen LogP contribution in [-0.4, -0.2) is 25.7 Å². The van der Waals surface area contributed by atoms with Crippen molar-refractivity contribution < 1.29 is 14.3 Å². The monoisotopic (exact) mass is 264 g/mol. The van der Waals surface area contributed by atoms with E-state index in [1.165, 1.54) is 0 Å². The number of ether oxygens (including phenoxy) is 2. The molecule has 0 aliphatic carbocycles. The molecule has 2 rings (SSSR count). The molecule has 3 N–H and O–H groups in total. The molecule has 104 valence electrons. The summed E-state index contributed by atoms with van der Waals surface area (Å²) in [6.07, 6.45) is 1.15. The van der Waals surface area contributed by atoms with Crippen molar-refractivity contribution in [2.45, 2.75) is 25.8 Å². The normalized spacial score (nSPS) is 15.6. The van der Waals surface area contributed by atoms with Gasteiger partial charge >= 0.3 is 0 Å². The van der Waals surface area contributed by atoms with Gasteiger partial charge in [-0.3, -0.25) is 4.79 Å². The average molecular weight is 264 g/mol. The Morgan fingerprint density at radius 2 is 2.11 bits per heavy atom. The van der Waals surface area contributed by atoms with Gasteiger partial charge in [-0.25, -0.2) is 0 Å². The molecule has 0 bridgehead atoms. The number of nitrogens with two attached hydrogens (primary N) is 1. The maximum atomic E-state index is 11.1. The fraction of sp³-hybridized carbons (Fsp3) is 0.500. The number of primary amides is 1. The van der Waals surface area contributed by atoms with Crippen LogP contribution in [0.3, 0.4) is 0 Å². The minimum absolute atomic E-state index is 0.0837. The lowest BCUT2D eigenvalue weighted by molar-refractivity contribution is -0.118. The van der Waals surface area contributed by atoms with Crippen molar-refractivity contribution in [1.29, 1.82) is 0 Å². The number of carbonyl (C=O) groups excluding carboxylic acids is 1. The van der Waals surface area contributed by atoms with Crippen LogP contribution in [0.4, 0.5) is 0 Å². The molecule has 1 aliphatic rings. The lowest BCUT2D eigenvalue weighted by atomic mass is 10.0. The molecule has 1 aliphatic heterocycles. The second-order valence-electron chi connectivity index (χ2n) is 4.54. The summed E-state index contributed by atoms with van der Waals surface area (Å²) in [5.41, 5.74) is 6.28. The minimum Gasteiger partial charge on any atom is -0.490 e. The number of hydrogen-bond acceptors (Lipinski definition) is 4. The summed E-state index contributed by atoms with van der Waals surface area (Å²) in [5, 5.41) is 3.26. The number of hydrogen-bond donors (Lipinski definition) is 2. The second kappa shape index (κ2) is 6.43. The van der Waals surface area contributed by atoms with Gasteiger partial charge in [-0.1, -0.05) is 13.0 Å². The van der Waals surface area contributed by atoms with Gasteiger partial charge in [0.2, 0.25) is 5.91 Å². The van der Waals surface area contributed by atoms with Crippen molar-refractivity contribution in [3.8, 4) is 11.5 Å². The molecule has 1 heterocycles. The first-order valence-electron chi connectivity index (χ1n) is 6.62. The molecule has 0 saturated heterocycles. The Kier molecular flexibility index (Phi) is 4.63. The number of rotatable bonds is 5. The first-order valence-corrected chi connectivity index (χ1v) is 6.62. The van der Waals surface area contributed by atoms with E-state index in [1.807, 2.05) is 25.1 Å². The van der Waals surface area contributed by atoms with Gasteiger partial charge in [-0.05, 0) is 24.2 Å². The molecule has 1 aromatic carbocycles. The molecule has 0 saturated carbocycles. The number of nitrogens with one attached hydrogen (secondary N) is 1. The summed E-state index contributed by atoms with van der Waals surface area (Å²) in [5.74, 6) is 1.18. The van der Waals surface area contributed by atoms with E-state index in [1.54, 1.807) is 0 Å². The van der Waals surface area contributed by atoms with Gasteiger partial charge < -0.3 is 20.5 Å². The molecular formula is C14H20N2O3. The largest absolute Gasteiger partial charge is 0.490 e. The zero-order valence-corrected chi connectivity index (χ0v) is 11.1. The van der Waals surface area contributed by atoms with Crippen molar-refractivity contribution in [2.75, 3.05) is 19.8 Å². The van der Waals surface area contributed by atoms with Crippen molar-refractivity contribution in [3.05, 3.63) is 23.8 Å². The van der Waals surface area contributed by atoms with Crippen LogP contribution in [0.1, 0.15) is 31.4 Å². The van der Waals surface area contributed by atoms with Gasteiger partial charge in [-0.2, -0.15) is 0 Å². The second-order valence-corrected chi connectivity index (χ2v) is 4.54. The molecule has 1 aromatic rings. The van der Waals surface area contributed by atoms with E-state index in [4.69, 9.17) is 15.2 Å². The zero-order valence-electron chi connectivity index (χ0n) is 11.1. The predicted octanol–water partition coefficient (Wildman–Crippen LogP) is 1.37. The predicted molar refractivity (Wildman–Crippen MR) is 72.3 cm³/mol. The molecule has 0 radical (unpaired) electrons. The zero-order chi connectivity index (χ0) is 13.7. The Labute approximate surface area is 113 Å². The van der Waals surface area contributed by atoms with Crippen LogP contribution < -0.4 is 20.5 Å². The fourth-order valence-corrected chi connectivity index (χ4v) is 2.15. The standard InChI is InChI=1S/C14H20N2O3/c1-2-16-11(9-14(15)17)10-4-5-12-13(8-10)19-7-3-6-18-12/h4-5,8,11,16H,2-3,6-7,9H2,1H3,(H2,15,17). The van der Waals surface area contributed by atoms with Crippen LogP contribution >= 0.6 is 0 Å². The third-order valence-electron chi connectivity index (χ3n) is 3.03. The van der Waals surface area contributed by atoms with E-state index in [0.717, 1.165) is 30.0 Å². The van der Waals surface area contributed by atoms with Gasteiger partial charge in [0.05, 0.1) is 13.2 Å².